The van der Waals surface area contributed by atoms with E-state index in [1.54, 1.807) is 48.7 Å². The van der Waals surface area contributed by atoms with Gasteiger partial charge in [-0.2, -0.15) is 5.26 Å². The first-order valence-electron chi connectivity index (χ1n) is 10.4. The van der Waals surface area contributed by atoms with Gasteiger partial charge in [-0.3, -0.25) is 10.1 Å². The number of imide groups is 1. The van der Waals surface area contributed by atoms with Gasteiger partial charge in [0.15, 0.2) is 5.88 Å². The number of carbonyl (C=O) groups is 2. The Labute approximate surface area is 198 Å². The number of ether oxygens (including phenoxy) is 1. The molecule has 1 aliphatic heterocycles. The summed E-state index contributed by atoms with van der Waals surface area (Å²) in [5.74, 6) is 5.79. The van der Waals surface area contributed by atoms with Crippen LogP contribution in [-0.2, 0) is 11.3 Å². The van der Waals surface area contributed by atoms with E-state index in [1.165, 1.54) is 11.7 Å². The molecule has 35 heavy (non-hydrogen) atoms. The Morgan fingerprint density at radius 2 is 2.03 bits per heavy atom. The fourth-order valence-corrected chi connectivity index (χ4v) is 4.00. The Kier molecular flexibility index (Phi) is 4.92. The number of nitrogens with one attached hydrogen (secondary N) is 2. The van der Waals surface area contributed by atoms with Gasteiger partial charge in [0.05, 0.1) is 24.7 Å². The molecule has 172 valence electrons. The summed E-state index contributed by atoms with van der Waals surface area (Å²) in [4.78, 5) is 29.1. The van der Waals surface area contributed by atoms with E-state index in [2.05, 4.69) is 27.5 Å². The van der Waals surface area contributed by atoms with Gasteiger partial charge in [0, 0.05) is 27.9 Å². The van der Waals surface area contributed by atoms with E-state index >= 15 is 0 Å². The molecule has 1 saturated heterocycles. The summed E-state index contributed by atoms with van der Waals surface area (Å²) in [6.07, 6.45) is 1.67. The molecule has 0 aliphatic carbocycles. The number of urea groups is 1. The van der Waals surface area contributed by atoms with Crippen molar-refractivity contribution < 1.29 is 19.4 Å². The smallest absolute Gasteiger partial charge is 0.323 e. The Bertz CT molecular complexity index is 1660. The number of aromatic hydroxyl groups is 1. The fraction of sp³-hybridized carbons (Fsp3) is 0.120. The second-order valence-electron chi connectivity index (χ2n) is 8.04. The van der Waals surface area contributed by atoms with Crippen molar-refractivity contribution in [1.29, 1.82) is 5.26 Å². The predicted octanol–water partition coefficient (Wildman–Crippen LogP) is 1.99. The molecule has 1 fully saturated rings. The van der Waals surface area contributed by atoms with Gasteiger partial charge in [-0.15, -0.1) is 0 Å². The Morgan fingerprint density at radius 1 is 1.20 bits per heavy atom. The summed E-state index contributed by atoms with van der Waals surface area (Å²) in [6, 6.07) is 13.3. The Balaban J connectivity index is 1.56. The van der Waals surface area contributed by atoms with Gasteiger partial charge in [0.25, 0.3) is 5.91 Å². The molecule has 0 saturated carbocycles. The molecule has 0 spiro atoms. The molecule has 5 N–H and O–H groups in total. The quantitative estimate of drug-likeness (QED) is 0.266. The van der Waals surface area contributed by atoms with Crippen LogP contribution in [0.3, 0.4) is 0 Å². The Hall–Kier alpha value is -5.22. The minimum atomic E-state index is -1.63. The molecule has 5 rings (SSSR count). The predicted molar refractivity (Wildman–Crippen MR) is 127 cm³/mol. The maximum absolute atomic E-state index is 12.8. The second kappa shape index (κ2) is 7.97. The van der Waals surface area contributed by atoms with E-state index in [0.717, 1.165) is 5.39 Å². The van der Waals surface area contributed by atoms with Gasteiger partial charge >= 0.3 is 6.03 Å². The van der Waals surface area contributed by atoms with Crippen LogP contribution in [0.25, 0.3) is 21.7 Å². The lowest BCUT2D eigenvalue weighted by Gasteiger charge is -2.20. The third kappa shape index (κ3) is 3.69. The van der Waals surface area contributed by atoms with Crippen molar-refractivity contribution in [2.45, 2.75) is 12.1 Å². The zero-order chi connectivity index (χ0) is 24.7. The van der Waals surface area contributed by atoms with Crippen molar-refractivity contribution in [2.75, 3.05) is 12.8 Å². The number of hydrogen-bond acceptors (Lipinski definition) is 7. The number of nitrogen functional groups attached to an aromatic ring is 1. The number of nitrogens with zero attached hydrogens (tertiary/aromatic N) is 3. The first kappa shape index (κ1) is 21.6. The van der Waals surface area contributed by atoms with Gasteiger partial charge in [0.1, 0.15) is 17.6 Å². The van der Waals surface area contributed by atoms with Crippen LogP contribution in [0.1, 0.15) is 11.1 Å². The maximum atomic E-state index is 12.8. The highest BCUT2D eigenvalue weighted by Gasteiger charge is 2.46. The number of rotatable bonds is 3. The van der Waals surface area contributed by atoms with Crippen molar-refractivity contribution in [3.8, 4) is 29.5 Å². The molecule has 10 nitrogen and oxygen atoms in total. The number of nitrogens with two attached hydrogens (primary N) is 1. The standard InChI is InChI=1S/C25H18N6O4/c1-35-18-4-3-15-12-31(22(32)19(15)10-18)13-25(23(33)29-24(34)30-25)7-6-14-2-5-20-16(8-14)9-17(11-26)21(27)28-20/h2-5,8-10,12,32H,13H2,1H3,(H2,27,28)(H2,29,30,33,34)/t25-/m1/s1. The molecule has 0 unspecified atom stereocenters. The molecule has 0 radical (unpaired) electrons. The molecule has 3 heterocycles. The monoisotopic (exact) mass is 466 g/mol. The molecule has 0 bridgehead atoms. The average molecular weight is 466 g/mol. The van der Waals surface area contributed by atoms with Crippen LogP contribution in [0.2, 0.25) is 0 Å². The van der Waals surface area contributed by atoms with Gasteiger partial charge in [0.2, 0.25) is 5.54 Å². The number of aromatic nitrogens is 2. The normalized spacial score (nSPS) is 16.9. The summed E-state index contributed by atoms with van der Waals surface area (Å²) in [6.45, 7) is -0.134. The fourth-order valence-electron chi connectivity index (χ4n) is 4.00. The van der Waals surface area contributed by atoms with E-state index < -0.39 is 17.5 Å². The lowest BCUT2D eigenvalue weighted by Crippen LogP contribution is -2.49. The summed E-state index contributed by atoms with van der Waals surface area (Å²) < 4.78 is 6.67. The number of carbonyl (C=O) groups excluding carboxylic acids is 2. The summed E-state index contributed by atoms with van der Waals surface area (Å²) in [5.41, 5.74) is 5.52. The summed E-state index contributed by atoms with van der Waals surface area (Å²) in [5, 5.41) is 26.7. The van der Waals surface area contributed by atoms with Gasteiger partial charge in [-0.25, -0.2) is 9.78 Å². The number of methoxy groups -OCH3 is 1. The van der Waals surface area contributed by atoms with Gasteiger partial charge in [-0.1, -0.05) is 11.8 Å². The van der Waals surface area contributed by atoms with Crippen LogP contribution < -0.4 is 21.1 Å². The first-order valence-corrected chi connectivity index (χ1v) is 10.4. The highest BCUT2D eigenvalue weighted by Crippen LogP contribution is 2.32. The van der Waals surface area contributed by atoms with Crippen molar-refractivity contribution in [1.82, 2.24) is 20.2 Å². The van der Waals surface area contributed by atoms with Crippen LogP contribution in [0.15, 0.2) is 48.7 Å². The summed E-state index contributed by atoms with van der Waals surface area (Å²) >= 11 is 0. The second-order valence-corrected chi connectivity index (χ2v) is 8.04. The molecule has 4 aromatic rings. The van der Waals surface area contributed by atoms with Crippen LogP contribution in [0, 0.1) is 23.2 Å². The third-order valence-corrected chi connectivity index (χ3v) is 5.80. The van der Waals surface area contributed by atoms with Gasteiger partial charge < -0.3 is 25.5 Å². The van der Waals surface area contributed by atoms with E-state index in [1.807, 2.05) is 6.07 Å². The number of anilines is 1. The average Bonchev–Trinajstić information content (AvgIpc) is 3.31. The van der Waals surface area contributed by atoms with Crippen LogP contribution in [-0.4, -0.2) is 39.2 Å². The number of pyridine rings is 1. The minimum absolute atomic E-state index is 0.0903. The van der Waals surface area contributed by atoms with Crippen molar-refractivity contribution >= 4 is 39.4 Å². The zero-order valence-corrected chi connectivity index (χ0v) is 18.4. The number of benzene rings is 2. The number of nitriles is 1. The number of amides is 3. The topological polar surface area (TPSA) is 155 Å². The molecular weight excluding hydrogens is 448 g/mol. The Morgan fingerprint density at radius 3 is 2.74 bits per heavy atom. The third-order valence-electron chi connectivity index (χ3n) is 5.80. The lowest BCUT2D eigenvalue weighted by atomic mass is 9.99. The highest BCUT2D eigenvalue weighted by molar-refractivity contribution is 6.09. The minimum Gasteiger partial charge on any atom is -0.497 e. The SMILES string of the molecule is COc1ccc2cn(C[C@@]3(C#Cc4ccc5nc(N)c(C#N)cc5c4)NC(=O)NC3=O)c(O)c2c1. The van der Waals surface area contributed by atoms with E-state index in [0.29, 0.717) is 27.6 Å². The number of hydrogen-bond donors (Lipinski definition) is 4. The van der Waals surface area contributed by atoms with E-state index in [-0.39, 0.29) is 23.8 Å². The molecular formula is C25H18N6O4. The molecule has 10 heteroatoms. The first-order chi connectivity index (χ1) is 16.8. The highest BCUT2D eigenvalue weighted by atomic mass is 16.5. The number of fused-ring (bicyclic) bond motifs is 2. The van der Waals surface area contributed by atoms with Crippen LogP contribution in [0.5, 0.6) is 11.6 Å². The van der Waals surface area contributed by atoms with Crippen molar-refractivity contribution in [3.05, 3.63) is 59.8 Å². The van der Waals surface area contributed by atoms with Gasteiger partial charge in [-0.05, 0) is 42.5 Å². The molecule has 1 atom stereocenters. The van der Waals surface area contributed by atoms with Crippen LogP contribution in [0.4, 0.5) is 10.6 Å². The molecule has 1 aliphatic rings. The summed E-state index contributed by atoms with van der Waals surface area (Å²) in [7, 11) is 1.52. The maximum Gasteiger partial charge on any atom is 0.323 e. The van der Waals surface area contributed by atoms with Crippen molar-refractivity contribution in [3.63, 3.8) is 0 Å². The van der Waals surface area contributed by atoms with E-state index in [4.69, 9.17) is 10.5 Å². The zero-order valence-electron chi connectivity index (χ0n) is 18.4. The lowest BCUT2D eigenvalue weighted by molar-refractivity contribution is -0.122. The van der Waals surface area contributed by atoms with Crippen LogP contribution >= 0.6 is 0 Å². The largest absolute Gasteiger partial charge is 0.497 e. The molecule has 2 aromatic carbocycles. The molecule has 2 aromatic heterocycles. The molecule has 3 amide bonds. The van der Waals surface area contributed by atoms with Crippen molar-refractivity contribution in [2.24, 2.45) is 0 Å². The van der Waals surface area contributed by atoms with E-state index in [9.17, 15) is 20.0 Å².